The largest absolute Gasteiger partial charge is 0.507 e. The van der Waals surface area contributed by atoms with Crippen molar-refractivity contribution in [3.05, 3.63) is 64.0 Å². The second-order valence-electron chi connectivity index (χ2n) is 5.91. The Labute approximate surface area is 154 Å². The SMILES string of the molecule is COC(=O)C[C@H](c1ccc(O)c(OC)c1)c1c(O)c2ccccc2oc1=O. The fourth-order valence-electron chi connectivity index (χ4n) is 3.00. The van der Waals surface area contributed by atoms with Gasteiger partial charge in [-0.05, 0) is 29.8 Å². The summed E-state index contributed by atoms with van der Waals surface area (Å²) in [7, 11) is 2.62. The van der Waals surface area contributed by atoms with Crippen LogP contribution in [0.1, 0.15) is 23.5 Å². The van der Waals surface area contributed by atoms with Crippen LogP contribution in [0, 0.1) is 0 Å². The molecule has 1 atom stereocenters. The molecule has 0 bridgehead atoms. The number of carbonyl (C=O) groups is 1. The third-order valence-corrected chi connectivity index (χ3v) is 4.37. The van der Waals surface area contributed by atoms with E-state index in [-0.39, 0.29) is 34.8 Å². The first-order chi connectivity index (χ1) is 13.0. The molecule has 2 aromatic carbocycles. The van der Waals surface area contributed by atoms with Gasteiger partial charge >= 0.3 is 11.6 Å². The number of benzene rings is 2. The topological polar surface area (TPSA) is 106 Å². The summed E-state index contributed by atoms with van der Waals surface area (Å²) in [6, 6.07) is 11.0. The van der Waals surface area contributed by atoms with Crippen LogP contribution in [0.4, 0.5) is 0 Å². The Morgan fingerprint density at radius 3 is 2.59 bits per heavy atom. The number of phenolic OH excluding ortho intramolecular Hbond substituents is 1. The fraction of sp³-hybridized carbons (Fsp3) is 0.200. The van der Waals surface area contributed by atoms with Crippen molar-refractivity contribution >= 4 is 16.9 Å². The maximum atomic E-state index is 12.6. The Kier molecular flexibility index (Phi) is 5.03. The second kappa shape index (κ2) is 7.41. The number of fused-ring (bicyclic) bond motifs is 1. The number of carbonyl (C=O) groups excluding carboxylic acids is 1. The number of rotatable bonds is 5. The highest BCUT2D eigenvalue weighted by Gasteiger charge is 2.28. The van der Waals surface area contributed by atoms with Crippen LogP contribution in [0.25, 0.3) is 11.0 Å². The van der Waals surface area contributed by atoms with Gasteiger partial charge in [-0.2, -0.15) is 0 Å². The molecule has 0 spiro atoms. The lowest BCUT2D eigenvalue weighted by Crippen LogP contribution is -2.18. The first-order valence-electron chi connectivity index (χ1n) is 8.14. The monoisotopic (exact) mass is 370 g/mol. The molecule has 0 aliphatic heterocycles. The van der Waals surface area contributed by atoms with Crippen LogP contribution in [0.5, 0.6) is 17.2 Å². The molecule has 0 radical (unpaired) electrons. The van der Waals surface area contributed by atoms with E-state index in [9.17, 15) is 19.8 Å². The predicted molar refractivity (Wildman–Crippen MR) is 97.3 cm³/mol. The number of esters is 1. The van der Waals surface area contributed by atoms with Crippen molar-refractivity contribution in [2.75, 3.05) is 14.2 Å². The van der Waals surface area contributed by atoms with Crippen LogP contribution in [-0.2, 0) is 9.53 Å². The van der Waals surface area contributed by atoms with Gasteiger partial charge in [0.15, 0.2) is 11.5 Å². The molecule has 1 heterocycles. The maximum Gasteiger partial charge on any atom is 0.343 e. The van der Waals surface area contributed by atoms with E-state index in [1.807, 2.05) is 0 Å². The molecule has 1 aromatic heterocycles. The quantitative estimate of drug-likeness (QED) is 0.525. The van der Waals surface area contributed by atoms with Crippen LogP contribution in [-0.4, -0.2) is 30.4 Å². The number of hydrogen-bond donors (Lipinski definition) is 2. The first kappa shape index (κ1) is 18.3. The summed E-state index contributed by atoms with van der Waals surface area (Å²) < 4.78 is 15.2. The van der Waals surface area contributed by atoms with E-state index in [2.05, 4.69) is 0 Å². The van der Waals surface area contributed by atoms with Crippen LogP contribution in [0.15, 0.2) is 51.7 Å². The number of aromatic hydroxyl groups is 2. The molecule has 3 rings (SSSR count). The zero-order valence-electron chi connectivity index (χ0n) is 14.8. The highest BCUT2D eigenvalue weighted by atomic mass is 16.5. The second-order valence-corrected chi connectivity index (χ2v) is 5.91. The van der Waals surface area contributed by atoms with Crippen LogP contribution in [0.2, 0.25) is 0 Å². The summed E-state index contributed by atoms with van der Waals surface area (Å²) in [5.41, 5.74) is -0.101. The van der Waals surface area contributed by atoms with E-state index in [1.54, 1.807) is 30.3 Å². The Hall–Kier alpha value is -3.48. The van der Waals surface area contributed by atoms with Gasteiger partial charge in [-0.1, -0.05) is 18.2 Å². The lowest BCUT2D eigenvalue weighted by atomic mass is 9.88. The van der Waals surface area contributed by atoms with Gasteiger partial charge in [0, 0.05) is 5.92 Å². The van der Waals surface area contributed by atoms with Crippen molar-refractivity contribution in [2.45, 2.75) is 12.3 Å². The lowest BCUT2D eigenvalue weighted by molar-refractivity contribution is -0.140. The molecule has 0 saturated carbocycles. The predicted octanol–water partition coefficient (Wildman–Crippen LogP) is 2.91. The highest BCUT2D eigenvalue weighted by molar-refractivity contribution is 5.84. The first-order valence-corrected chi connectivity index (χ1v) is 8.14. The molecule has 0 unspecified atom stereocenters. The van der Waals surface area contributed by atoms with E-state index >= 15 is 0 Å². The normalized spacial score (nSPS) is 11.9. The molecule has 7 heteroatoms. The molecule has 0 fully saturated rings. The van der Waals surface area contributed by atoms with Crippen molar-refractivity contribution in [3.8, 4) is 17.2 Å². The van der Waals surface area contributed by atoms with Crippen molar-refractivity contribution in [3.63, 3.8) is 0 Å². The summed E-state index contributed by atoms with van der Waals surface area (Å²) in [5.74, 6) is -1.60. The molecule has 3 aromatic rings. The van der Waals surface area contributed by atoms with Crippen LogP contribution >= 0.6 is 0 Å². The van der Waals surface area contributed by atoms with Gasteiger partial charge in [-0.25, -0.2) is 4.79 Å². The van der Waals surface area contributed by atoms with E-state index in [1.165, 1.54) is 26.4 Å². The zero-order chi connectivity index (χ0) is 19.6. The summed E-state index contributed by atoms with van der Waals surface area (Å²) in [6.45, 7) is 0. The minimum atomic E-state index is -0.854. The summed E-state index contributed by atoms with van der Waals surface area (Å²) in [6.07, 6.45) is -0.207. The molecule has 0 amide bonds. The van der Waals surface area contributed by atoms with Gasteiger partial charge in [0.25, 0.3) is 0 Å². The number of ether oxygens (including phenoxy) is 2. The Balaban J connectivity index is 2.24. The van der Waals surface area contributed by atoms with Gasteiger partial charge in [0.05, 0.1) is 31.6 Å². The van der Waals surface area contributed by atoms with Gasteiger partial charge in [-0.3, -0.25) is 4.79 Å². The molecule has 0 saturated heterocycles. The number of methoxy groups -OCH3 is 2. The third-order valence-electron chi connectivity index (χ3n) is 4.37. The number of phenols is 1. The average molecular weight is 370 g/mol. The summed E-state index contributed by atoms with van der Waals surface area (Å²) >= 11 is 0. The molecule has 140 valence electrons. The van der Waals surface area contributed by atoms with Crippen molar-refractivity contribution in [1.82, 2.24) is 0 Å². The third kappa shape index (κ3) is 3.44. The van der Waals surface area contributed by atoms with E-state index in [0.29, 0.717) is 10.9 Å². The van der Waals surface area contributed by atoms with Gasteiger partial charge in [0.2, 0.25) is 0 Å². The van der Waals surface area contributed by atoms with Crippen LogP contribution < -0.4 is 10.4 Å². The number of hydrogen-bond acceptors (Lipinski definition) is 7. The molecule has 27 heavy (non-hydrogen) atoms. The van der Waals surface area contributed by atoms with Crippen molar-refractivity contribution in [1.29, 1.82) is 0 Å². The molecular weight excluding hydrogens is 352 g/mol. The van der Waals surface area contributed by atoms with E-state index < -0.39 is 17.5 Å². The molecular formula is C20H18O7. The van der Waals surface area contributed by atoms with E-state index in [4.69, 9.17) is 13.9 Å². The summed E-state index contributed by atoms with van der Waals surface area (Å²) in [5, 5.41) is 20.9. The Morgan fingerprint density at radius 1 is 1.15 bits per heavy atom. The standard InChI is InChI=1S/C20H18O7/c1-25-16-9-11(7-8-14(16)21)13(10-17(22)26-2)18-19(23)12-5-3-4-6-15(12)27-20(18)24/h3-9,13,21,23H,10H2,1-2H3/t13-/m1/s1. The van der Waals surface area contributed by atoms with Crippen molar-refractivity contribution < 1.29 is 28.9 Å². The van der Waals surface area contributed by atoms with Gasteiger partial charge < -0.3 is 24.1 Å². The maximum absolute atomic E-state index is 12.6. The van der Waals surface area contributed by atoms with Crippen LogP contribution in [0.3, 0.4) is 0 Å². The Morgan fingerprint density at radius 2 is 1.89 bits per heavy atom. The zero-order valence-corrected chi connectivity index (χ0v) is 14.8. The summed E-state index contributed by atoms with van der Waals surface area (Å²) in [4.78, 5) is 24.6. The minimum Gasteiger partial charge on any atom is -0.507 e. The molecule has 0 aliphatic rings. The van der Waals surface area contributed by atoms with E-state index in [0.717, 1.165) is 0 Å². The lowest BCUT2D eigenvalue weighted by Gasteiger charge is -2.18. The molecule has 2 N–H and O–H groups in total. The molecule has 0 aliphatic carbocycles. The fourth-order valence-corrected chi connectivity index (χ4v) is 3.00. The van der Waals surface area contributed by atoms with Gasteiger partial charge in [-0.15, -0.1) is 0 Å². The molecule has 7 nitrogen and oxygen atoms in total. The average Bonchev–Trinajstić information content (AvgIpc) is 2.67. The minimum absolute atomic E-state index is 0.0631. The van der Waals surface area contributed by atoms with Gasteiger partial charge in [0.1, 0.15) is 11.3 Å². The number of para-hydroxylation sites is 1. The smallest absolute Gasteiger partial charge is 0.343 e. The highest BCUT2D eigenvalue weighted by Crippen LogP contribution is 2.38. The van der Waals surface area contributed by atoms with Crippen molar-refractivity contribution in [2.24, 2.45) is 0 Å². The Bertz CT molecular complexity index is 1050.